The van der Waals surface area contributed by atoms with Gasteiger partial charge in [0.05, 0.1) is 12.8 Å². The summed E-state index contributed by atoms with van der Waals surface area (Å²) in [6.07, 6.45) is 7.01. The van der Waals surface area contributed by atoms with Crippen LogP contribution in [0.4, 0.5) is 0 Å². The molecule has 2 heterocycles. The van der Waals surface area contributed by atoms with Crippen LogP contribution >= 0.6 is 0 Å². The molecule has 1 saturated heterocycles. The fourth-order valence-electron chi connectivity index (χ4n) is 2.68. The van der Waals surface area contributed by atoms with Gasteiger partial charge in [-0.3, -0.25) is 4.90 Å². The first kappa shape index (κ1) is 13.6. The monoisotopic (exact) mass is 250 g/mol. The van der Waals surface area contributed by atoms with Gasteiger partial charge in [-0.25, -0.2) is 0 Å². The van der Waals surface area contributed by atoms with Gasteiger partial charge in [0, 0.05) is 6.54 Å². The lowest BCUT2D eigenvalue weighted by Crippen LogP contribution is -2.38. The molecule has 1 aliphatic rings. The van der Waals surface area contributed by atoms with Crippen molar-refractivity contribution >= 4 is 0 Å². The lowest BCUT2D eigenvalue weighted by atomic mass is 9.99. The van der Waals surface area contributed by atoms with Crippen molar-refractivity contribution in [3.8, 4) is 0 Å². The number of hydrogen-bond donors (Lipinski definition) is 1. The van der Waals surface area contributed by atoms with E-state index < -0.39 is 0 Å². The average Bonchev–Trinajstić information content (AvgIpc) is 2.90. The predicted octanol–water partition coefficient (Wildman–Crippen LogP) is 2.88. The SMILES string of the molecule is CCCCN(Cc1ccco1)C[C@H]1CCCNC1. The summed E-state index contributed by atoms with van der Waals surface area (Å²) < 4.78 is 5.48. The van der Waals surface area contributed by atoms with Gasteiger partial charge in [0.2, 0.25) is 0 Å². The molecule has 1 N–H and O–H groups in total. The summed E-state index contributed by atoms with van der Waals surface area (Å²) in [4.78, 5) is 2.56. The van der Waals surface area contributed by atoms with E-state index in [1.165, 1.54) is 51.9 Å². The third kappa shape index (κ3) is 4.46. The van der Waals surface area contributed by atoms with Crippen LogP contribution in [0.5, 0.6) is 0 Å². The summed E-state index contributed by atoms with van der Waals surface area (Å²) in [7, 11) is 0. The van der Waals surface area contributed by atoms with E-state index in [0.29, 0.717) is 0 Å². The first-order chi connectivity index (χ1) is 8.88. The van der Waals surface area contributed by atoms with Gasteiger partial charge >= 0.3 is 0 Å². The molecule has 0 amide bonds. The normalized spacial score (nSPS) is 20.4. The molecule has 3 heteroatoms. The average molecular weight is 250 g/mol. The van der Waals surface area contributed by atoms with Gasteiger partial charge < -0.3 is 9.73 Å². The molecule has 1 aromatic heterocycles. The molecule has 0 bridgehead atoms. The third-order valence-corrected chi connectivity index (χ3v) is 3.70. The summed E-state index contributed by atoms with van der Waals surface area (Å²) in [6, 6.07) is 4.06. The number of hydrogen-bond acceptors (Lipinski definition) is 3. The molecule has 1 fully saturated rings. The van der Waals surface area contributed by atoms with Gasteiger partial charge in [0.1, 0.15) is 5.76 Å². The molecule has 1 aliphatic heterocycles. The minimum atomic E-state index is 0.811. The van der Waals surface area contributed by atoms with Crippen molar-refractivity contribution in [2.75, 3.05) is 26.2 Å². The molecule has 1 aromatic rings. The molecule has 102 valence electrons. The number of furan rings is 1. The van der Waals surface area contributed by atoms with E-state index in [9.17, 15) is 0 Å². The Morgan fingerprint density at radius 3 is 3.11 bits per heavy atom. The zero-order valence-corrected chi connectivity index (χ0v) is 11.5. The minimum absolute atomic E-state index is 0.811. The van der Waals surface area contributed by atoms with Crippen molar-refractivity contribution in [2.45, 2.75) is 39.2 Å². The number of unbranched alkanes of at least 4 members (excludes halogenated alkanes) is 1. The molecule has 0 saturated carbocycles. The Bertz CT molecular complexity index is 304. The Kier molecular flexibility index (Phi) is 5.75. The van der Waals surface area contributed by atoms with Crippen molar-refractivity contribution < 1.29 is 4.42 Å². The minimum Gasteiger partial charge on any atom is -0.468 e. The van der Waals surface area contributed by atoms with Gasteiger partial charge in [-0.2, -0.15) is 0 Å². The van der Waals surface area contributed by atoms with Gasteiger partial charge in [-0.15, -0.1) is 0 Å². The van der Waals surface area contributed by atoms with E-state index in [0.717, 1.165) is 18.2 Å². The lowest BCUT2D eigenvalue weighted by molar-refractivity contribution is 0.187. The van der Waals surface area contributed by atoms with Crippen LogP contribution in [0.15, 0.2) is 22.8 Å². The number of nitrogens with zero attached hydrogens (tertiary/aromatic N) is 1. The Morgan fingerprint density at radius 1 is 1.50 bits per heavy atom. The Morgan fingerprint density at radius 2 is 2.44 bits per heavy atom. The molecule has 3 nitrogen and oxygen atoms in total. The summed E-state index contributed by atoms with van der Waals surface area (Å²) in [5, 5.41) is 3.51. The maximum Gasteiger partial charge on any atom is 0.117 e. The van der Waals surface area contributed by atoms with Gasteiger partial charge in [0.25, 0.3) is 0 Å². The quantitative estimate of drug-likeness (QED) is 0.806. The van der Waals surface area contributed by atoms with E-state index in [2.05, 4.69) is 23.2 Å². The molecular formula is C15H26N2O. The maximum atomic E-state index is 5.48. The van der Waals surface area contributed by atoms with E-state index >= 15 is 0 Å². The van der Waals surface area contributed by atoms with E-state index in [4.69, 9.17) is 4.42 Å². The molecule has 0 aromatic carbocycles. The van der Waals surface area contributed by atoms with Gasteiger partial charge in [-0.05, 0) is 56.9 Å². The Labute approximate surface area is 111 Å². The molecule has 0 radical (unpaired) electrons. The van der Waals surface area contributed by atoms with Crippen molar-refractivity contribution in [2.24, 2.45) is 5.92 Å². The maximum absolute atomic E-state index is 5.48. The van der Waals surface area contributed by atoms with Gasteiger partial charge in [0.15, 0.2) is 0 Å². The summed E-state index contributed by atoms with van der Waals surface area (Å²) in [5.41, 5.74) is 0. The highest BCUT2D eigenvalue weighted by molar-refractivity contribution is 4.98. The fraction of sp³-hybridized carbons (Fsp3) is 0.733. The number of rotatable bonds is 7. The summed E-state index contributed by atoms with van der Waals surface area (Å²) in [5.74, 6) is 1.90. The number of piperidine rings is 1. The highest BCUT2D eigenvalue weighted by atomic mass is 16.3. The second-order valence-electron chi connectivity index (χ2n) is 5.38. The van der Waals surface area contributed by atoms with E-state index in [1.807, 2.05) is 6.07 Å². The van der Waals surface area contributed by atoms with Crippen LogP contribution in [0.1, 0.15) is 38.4 Å². The molecule has 0 unspecified atom stereocenters. The zero-order valence-electron chi connectivity index (χ0n) is 11.5. The second-order valence-corrected chi connectivity index (χ2v) is 5.38. The smallest absolute Gasteiger partial charge is 0.117 e. The predicted molar refractivity (Wildman–Crippen MR) is 74.5 cm³/mol. The molecule has 18 heavy (non-hydrogen) atoms. The zero-order chi connectivity index (χ0) is 12.6. The van der Waals surface area contributed by atoms with Crippen LogP contribution in [-0.4, -0.2) is 31.1 Å². The van der Waals surface area contributed by atoms with Crippen LogP contribution in [0.3, 0.4) is 0 Å². The standard InChI is InChI=1S/C15H26N2O/c1-2-3-9-17(13-15-7-5-10-18-15)12-14-6-4-8-16-11-14/h5,7,10,14,16H,2-4,6,8-9,11-13H2,1H3/t14-/m0/s1. The van der Waals surface area contributed by atoms with Crippen molar-refractivity contribution in [3.05, 3.63) is 24.2 Å². The van der Waals surface area contributed by atoms with Crippen LogP contribution < -0.4 is 5.32 Å². The molecule has 0 spiro atoms. The molecule has 0 aliphatic carbocycles. The van der Waals surface area contributed by atoms with E-state index in [-0.39, 0.29) is 0 Å². The molecule has 1 atom stereocenters. The highest BCUT2D eigenvalue weighted by Gasteiger charge is 2.17. The topological polar surface area (TPSA) is 28.4 Å². The second kappa shape index (κ2) is 7.59. The van der Waals surface area contributed by atoms with Crippen molar-refractivity contribution in [3.63, 3.8) is 0 Å². The van der Waals surface area contributed by atoms with Crippen LogP contribution in [-0.2, 0) is 6.54 Å². The first-order valence-electron chi connectivity index (χ1n) is 7.34. The van der Waals surface area contributed by atoms with Crippen molar-refractivity contribution in [1.29, 1.82) is 0 Å². The Hall–Kier alpha value is -0.800. The molecular weight excluding hydrogens is 224 g/mol. The first-order valence-corrected chi connectivity index (χ1v) is 7.34. The largest absolute Gasteiger partial charge is 0.468 e. The molecule has 2 rings (SSSR count). The van der Waals surface area contributed by atoms with Crippen LogP contribution in [0, 0.1) is 5.92 Å². The van der Waals surface area contributed by atoms with Crippen molar-refractivity contribution in [1.82, 2.24) is 10.2 Å². The van der Waals surface area contributed by atoms with Crippen LogP contribution in [0.25, 0.3) is 0 Å². The number of nitrogens with one attached hydrogen (secondary N) is 1. The summed E-state index contributed by atoms with van der Waals surface area (Å²) >= 11 is 0. The van der Waals surface area contributed by atoms with E-state index in [1.54, 1.807) is 6.26 Å². The fourth-order valence-corrected chi connectivity index (χ4v) is 2.68. The Balaban J connectivity index is 1.83. The summed E-state index contributed by atoms with van der Waals surface area (Å²) in [6.45, 7) is 7.99. The lowest BCUT2D eigenvalue weighted by Gasteiger charge is -2.29. The third-order valence-electron chi connectivity index (χ3n) is 3.70. The highest BCUT2D eigenvalue weighted by Crippen LogP contribution is 2.15. The van der Waals surface area contributed by atoms with Gasteiger partial charge in [-0.1, -0.05) is 13.3 Å². The van der Waals surface area contributed by atoms with Crippen LogP contribution in [0.2, 0.25) is 0 Å².